The number of benzene rings is 1. The van der Waals surface area contributed by atoms with Crippen LogP contribution >= 0.6 is 0 Å². The van der Waals surface area contributed by atoms with E-state index in [9.17, 15) is 20.0 Å². The number of aliphatic hydroxyl groups is 1. The van der Waals surface area contributed by atoms with Gasteiger partial charge in [-0.1, -0.05) is 0 Å². The monoisotopic (exact) mass is 347 g/mol. The number of hydrogen-bond acceptors (Lipinski definition) is 5. The zero-order valence-electron chi connectivity index (χ0n) is 14.4. The van der Waals surface area contributed by atoms with Crippen molar-refractivity contribution in [3.8, 4) is 0 Å². The minimum absolute atomic E-state index is 0.0851. The quantitative estimate of drug-likeness (QED) is 0.652. The van der Waals surface area contributed by atoms with Crippen LogP contribution in [-0.4, -0.2) is 47.0 Å². The Bertz CT molecular complexity index is 641. The van der Waals surface area contributed by atoms with Crippen LogP contribution in [0.1, 0.15) is 37.7 Å². The fourth-order valence-corrected chi connectivity index (χ4v) is 3.80. The molecule has 0 spiro atoms. The Labute approximate surface area is 147 Å². The van der Waals surface area contributed by atoms with E-state index in [0.29, 0.717) is 23.6 Å². The summed E-state index contributed by atoms with van der Waals surface area (Å²) in [4.78, 5) is 26.9. The highest BCUT2D eigenvalue weighted by molar-refractivity contribution is 5.76. The fraction of sp³-hybridized carbons (Fsp3) is 0.611. The Morgan fingerprint density at radius 2 is 1.96 bits per heavy atom. The largest absolute Gasteiger partial charge is 0.392 e. The van der Waals surface area contributed by atoms with E-state index in [1.165, 1.54) is 6.07 Å². The molecule has 0 atom stereocenters. The normalized spacial score (nSPS) is 19.3. The van der Waals surface area contributed by atoms with Crippen molar-refractivity contribution in [2.45, 2.75) is 38.7 Å². The first-order chi connectivity index (χ1) is 12.1. The van der Waals surface area contributed by atoms with Crippen LogP contribution in [0.25, 0.3) is 0 Å². The van der Waals surface area contributed by atoms with E-state index in [0.717, 1.165) is 51.9 Å². The zero-order chi connectivity index (χ0) is 17.8. The second kappa shape index (κ2) is 7.82. The molecule has 0 bridgehead atoms. The third-order valence-electron chi connectivity index (χ3n) is 5.27. The predicted molar refractivity (Wildman–Crippen MR) is 94.4 cm³/mol. The summed E-state index contributed by atoms with van der Waals surface area (Å²) < 4.78 is 0. The molecular formula is C18H25N3O4. The van der Waals surface area contributed by atoms with Gasteiger partial charge < -0.3 is 14.9 Å². The summed E-state index contributed by atoms with van der Waals surface area (Å²) in [5, 5.41) is 20.6. The summed E-state index contributed by atoms with van der Waals surface area (Å²) in [5.41, 5.74) is 1.35. The lowest BCUT2D eigenvalue weighted by Gasteiger charge is -2.37. The van der Waals surface area contributed by atoms with Crippen LogP contribution in [0.5, 0.6) is 0 Å². The van der Waals surface area contributed by atoms with Gasteiger partial charge in [0.15, 0.2) is 0 Å². The summed E-state index contributed by atoms with van der Waals surface area (Å²) in [6.45, 7) is 3.03. The van der Waals surface area contributed by atoms with Gasteiger partial charge in [0.2, 0.25) is 5.91 Å². The summed E-state index contributed by atoms with van der Waals surface area (Å²) >= 11 is 0. The van der Waals surface area contributed by atoms with Crippen molar-refractivity contribution >= 4 is 17.3 Å². The maximum Gasteiger partial charge on any atom is 0.292 e. The molecule has 0 aliphatic carbocycles. The smallest absolute Gasteiger partial charge is 0.292 e. The molecule has 25 heavy (non-hydrogen) atoms. The molecule has 0 radical (unpaired) electrons. The van der Waals surface area contributed by atoms with Crippen molar-refractivity contribution in [1.82, 2.24) is 4.90 Å². The third kappa shape index (κ3) is 4.10. The third-order valence-corrected chi connectivity index (χ3v) is 5.27. The number of likely N-dealkylation sites (tertiary alicyclic amines) is 1. The molecule has 2 aliphatic heterocycles. The van der Waals surface area contributed by atoms with Crippen LogP contribution in [0.2, 0.25) is 0 Å². The zero-order valence-corrected chi connectivity index (χ0v) is 14.4. The van der Waals surface area contributed by atoms with E-state index < -0.39 is 0 Å². The van der Waals surface area contributed by atoms with Gasteiger partial charge in [0.1, 0.15) is 5.69 Å². The molecule has 7 nitrogen and oxygen atoms in total. The van der Waals surface area contributed by atoms with Gasteiger partial charge in [-0.05, 0) is 49.3 Å². The van der Waals surface area contributed by atoms with Crippen molar-refractivity contribution in [1.29, 1.82) is 0 Å². The second-order valence-electron chi connectivity index (χ2n) is 6.97. The number of rotatable bonds is 5. The van der Waals surface area contributed by atoms with Gasteiger partial charge in [-0.2, -0.15) is 0 Å². The van der Waals surface area contributed by atoms with Crippen molar-refractivity contribution in [2.24, 2.45) is 5.92 Å². The summed E-state index contributed by atoms with van der Waals surface area (Å²) in [5.74, 6) is 0.721. The molecule has 2 aliphatic rings. The number of nitro groups is 1. The number of carbonyl (C=O) groups excluding carboxylic acids is 1. The number of amides is 1. The lowest BCUT2D eigenvalue weighted by molar-refractivity contribution is -0.384. The molecule has 2 saturated heterocycles. The Morgan fingerprint density at radius 1 is 1.20 bits per heavy atom. The van der Waals surface area contributed by atoms with Gasteiger partial charge in [-0.3, -0.25) is 14.9 Å². The highest BCUT2D eigenvalue weighted by Gasteiger charge is 2.28. The minimum Gasteiger partial charge on any atom is -0.392 e. The van der Waals surface area contributed by atoms with E-state index in [1.54, 1.807) is 12.1 Å². The van der Waals surface area contributed by atoms with Crippen LogP contribution in [-0.2, 0) is 11.4 Å². The molecule has 2 fully saturated rings. The SMILES string of the molecule is O=C1CCCCN1CC1CCN(c2cc(CO)ccc2[N+](=O)[O-])CC1. The molecule has 1 amide bonds. The molecule has 1 N–H and O–H groups in total. The predicted octanol–water partition coefficient (Wildman–Crippen LogP) is 2.32. The standard InChI is InChI=1S/C18H25N3O4/c22-13-15-4-5-16(21(24)25)17(11-15)19-9-6-14(7-10-19)12-20-8-2-1-3-18(20)23/h4-5,11,14,22H,1-3,6-10,12-13H2. The van der Waals surface area contributed by atoms with Gasteiger partial charge in [0.25, 0.3) is 5.69 Å². The summed E-state index contributed by atoms with van der Waals surface area (Å²) in [7, 11) is 0. The lowest BCUT2D eigenvalue weighted by atomic mass is 9.94. The molecular weight excluding hydrogens is 322 g/mol. The maximum atomic E-state index is 12.0. The van der Waals surface area contributed by atoms with Crippen LogP contribution in [0.3, 0.4) is 0 Å². The Morgan fingerprint density at radius 3 is 2.60 bits per heavy atom. The van der Waals surface area contributed by atoms with Crippen LogP contribution in [0, 0.1) is 16.0 Å². The Kier molecular flexibility index (Phi) is 5.53. The number of anilines is 1. The maximum absolute atomic E-state index is 12.0. The van der Waals surface area contributed by atoms with Crippen LogP contribution < -0.4 is 4.90 Å². The molecule has 1 aromatic rings. The number of piperidine rings is 2. The highest BCUT2D eigenvalue weighted by Crippen LogP contribution is 2.33. The number of hydrogen-bond donors (Lipinski definition) is 1. The highest BCUT2D eigenvalue weighted by atomic mass is 16.6. The van der Waals surface area contributed by atoms with Gasteiger partial charge >= 0.3 is 0 Å². The van der Waals surface area contributed by atoms with Gasteiger partial charge in [0.05, 0.1) is 11.5 Å². The van der Waals surface area contributed by atoms with Crippen LogP contribution in [0.4, 0.5) is 11.4 Å². The van der Waals surface area contributed by atoms with E-state index in [1.807, 2.05) is 9.80 Å². The van der Waals surface area contributed by atoms with E-state index in [4.69, 9.17) is 0 Å². The van der Waals surface area contributed by atoms with E-state index in [-0.39, 0.29) is 23.1 Å². The Hall–Kier alpha value is -2.15. The summed E-state index contributed by atoms with van der Waals surface area (Å²) in [6.07, 6.45) is 4.59. The topological polar surface area (TPSA) is 86.9 Å². The van der Waals surface area contributed by atoms with Gasteiger partial charge in [-0.15, -0.1) is 0 Å². The van der Waals surface area contributed by atoms with Gasteiger partial charge in [-0.25, -0.2) is 0 Å². The molecule has 0 saturated carbocycles. The average molecular weight is 347 g/mol. The van der Waals surface area contributed by atoms with Crippen molar-refractivity contribution in [3.63, 3.8) is 0 Å². The van der Waals surface area contributed by atoms with Crippen molar-refractivity contribution in [2.75, 3.05) is 31.1 Å². The van der Waals surface area contributed by atoms with Gasteiger partial charge in [0, 0.05) is 38.7 Å². The Balaban J connectivity index is 1.64. The number of nitrogens with zero attached hydrogens (tertiary/aromatic N) is 3. The van der Waals surface area contributed by atoms with Crippen molar-refractivity contribution < 1.29 is 14.8 Å². The van der Waals surface area contributed by atoms with Crippen molar-refractivity contribution in [3.05, 3.63) is 33.9 Å². The number of carbonyl (C=O) groups is 1. The molecule has 2 heterocycles. The first-order valence-electron chi connectivity index (χ1n) is 8.99. The molecule has 0 aromatic heterocycles. The molecule has 0 unspecified atom stereocenters. The number of nitro benzene ring substituents is 1. The lowest BCUT2D eigenvalue weighted by Crippen LogP contribution is -2.42. The van der Waals surface area contributed by atoms with Crippen LogP contribution in [0.15, 0.2) is 18.2 Å². The first kappa shape index (κ1) is 17.7. The van der Waals surface area contributed by atoms with E-state index >= 15 is 0 Å². The second-order valence-corrected chi connectivity index (χ2v) is 6.97. The first-order valence-corrected chi connectivity index (χ1v) is 8.99. The molecule has 3 rings (SSSR count). The molecule has 1 aromatic carbocycles. The average Bonchev–Trinajstić information content (AvgIpc) is 2.63. The van der Waals surface area contributed by atoms with E-state index in [2.05, 4.69) is 0 Å². The fourth-order valence-electron chi connectivity index (χ4n) is 3.80. The minimum atomic E-state index is -0.366. The molecule has 7 heteroatoms. The summed E-state index contributed by atoms with van der Waals surface area (Å²) in [6, 6.07) is 4.78. The molecule has 136 valence electrons. The number of aliphatic hydroxyl groups excluding tert-OH is 1.